The first-order valence-electron chi connectivity index (χ1n) is 17.4. The van der Waals surface area contributed by atoms with Crippen molar-refractivity contribution < 1.29 is 0 Å². The maximum absolute atomic E-state index is 2.76. The predicted molar refractivity (Wildman–Crippen MR) is 174 cm³/mol. The lowest BCUT2D eigenvalue weighted by molar-refractivity contribution is -0.0897. The van der Waals surface area contributed by atoms with Crippen LogP contribution in [0.1, 0.15) is 122 Å². The van der Waals surface area contributed by atoms with E-state index in [2.05, 4.69) is 93.8 Å². The molecule has 1 aromatic heterocycles. The number of nitrogens with zero attached hydrogens (tertiary/aromatic N) is 1. The molecule has 220 valence electrons. The van der Waals surface area contributed by atoms with Gasteiger partial charge in [0.1, 0.15) is 0 Å². The Bertz CT molecular complexity index is 1360. The Morgan fingerprint density at radius 3 is 2.34 bits per heavy atom. The first kappa shape index (κ1) is 27.8. The fourth-order valence-electron chi connectivity index (χ4n) is 11.7. The zero-order chi connectivity index (χ0) is 28.4. The molecule has 41 heavy (non-hydrogen) atoms. The van der Waals surface area contributed by atoms with Crippen molar-refractivity contribution in [1.82, 2.24) is 4.57 Å². The molecule has 7 rings (SSSR count). The van der Waals surface area contributed by atoms with Gasteiger partial charge in [0.25, 0.3) is 0 Å². The largest absolute Gasteiger partial charge is 0.340 e. The summed E-state index contributed by atoms with van der Waals surface area (Å²) in [6.45, 7) is 13.9. The molecule has 3 aromatic rings. The van der Waals surface area contributed by atoms with Crippen molar-refractivity contribution in [3.8, 4) is 0 Å². The highest BCUT2D eigenvalue weighted by molar-refractivity contribution is 5.87. The number of rotatable bonds is 7. The minimum atomic E-state index is 0.458. The summed E-state index contributed by atoms with van der Waals surface area (Å²) in [5, 5.41) is 1.56. The summed E-state index contributed by atoms with van der Waals surface area (Å²) < 4.78 is 2.70. The van der Waals surface area contributed by atoms with Crippen LogP contribution in [0.3, 0.4) is 0 Å². The van der Waals surface area contributed by atoms with Gasteiger partial charge in [-0.1, -0.05) is 102 Å². The van der Waals surface area contributed by atoms with E-state index < -0.39 is 0 Å². The van der Waals surface area contributed by atoms with E-state index >= 15 is 0 Å². The third-order valence-electron chi connectivity index (χ3n) is 13.6. The maximum atomic E-state index is 2.76. The second kappa shape index (κ2) is 10.6. The Labute approximate surface area is 250 Å². The van der Waals surface area contributed by atoms with Gasteiger partial charge in [-0.3, -0.25) is 0 Å². The van der Waals surface area contributed by atoms with Crippen molar-refractivity contribution in [2.75, 3.05) is 0 Å². The van der Waals surface area contributed by atoms with Crippen molar-refractivity contribution >= 4 is 10.9 Å². The van der Waals surface area contributed by atoms with E-state index in [4.69, 9.17) is 0 Å². The molecule has 4 aliphatic rings. The highest BCUT2D eigenvalue weighted by atomic mass is 15.0. The average molecular weight is 550 g/mol. The standard InChI is InChI=1S/C40H55N/c1-27(2)12-11-13-28(3)32-20-21-33-30-18-19-35-38-31-16-9-10-17-36(31)41(26-29-14-7-6-8-15-29)37(38)23-25-40(35,5)34(30)22-24-39(32,33)4/h6-10,14-17,27-28,30,32-35H,11-13,18-26H2,1-5H3. The molecule has 0 radical (unpaired) electrons. The SMILES string of the molecule is CC(C)CCCC(C)C1CCC2C3CCC4c5c(n(Cc6ccccc6)c6ccccc56)CCC4(C)C3CCC12C. The van der Waals surface area contributed by atoms with Crippen LogP contribution in [0.2, 0.25) is 0 Å². The molecule has 8 atom stereocenters. The second-order valence-electron chi connectivity index (χ2n) is 16.0. The van der Waals surface area contributed by atoms with Gasteiger partial charge < -0.3 is 4.57 Å². The Morgan fingerprint density at radius 1 is 0.780 bits per heavy atom. The molecule has 8 unspecified atom stereocenters. The molecule has 1 nitrogen and oxygen atoms in total. The van der Waals surface area contributed by atoms with E-state index in [1.165, 1.54) is 81.7 Å². The van der Waals surface area contributed by atoms with Gasteiger partial charge in [0.05, 0.1) is 0 Å². The van der Waals surface area contributed by atoms with Crippen LogP contribution < -0.4 is 0 Å². The number of para-hydroxylation sites is 1. The van der Waals surface area contributed by atoms with E-state index in [0.29, 0.717) is 10.8 Å². The molecule has 1 heteroatoms. The molecule has 3 saturated carbocycles. The number of fused-ring (bicyclic) bond motifs is 9. The van der Waals surface area contributed by atoms with Gasteiger partial charge in [-0.25, -0.2) is 0 Å². The van der Waals surface area contributed by atoms with Crippen molar-refractivity contribution in [2.24, 2.45) is 46.3 Å². The number of hydrogen-bond acceptors (Lipinski definition) is 0. The van der Waals surface area contributed by atoms with Crippen LogP contribution in [0.4, 0.5) is 0 Å². The van der Waals surface area contributed by atoms with Gasteiger partial charge in [0.15, 0.2) is 0 Å². The number of aromatic nitrogens is 1. The molecule has 0 aliphatic heterocycles. The fourth-order valence-corrected chi connectivity index (χ4v) is 11.7. The summed E-state index contributed by atoms with van der Waals surface area (Å²) in [5.74, 6) is 6.29. The molecule has 0 saturated heterocycles. The van der Waals surface area contributed by atoms with E-state index in [1.807, 2.05) is 0 Å². The van der Waals surface area contributed by atoms with Gasteiger partial charge in [-0.15, -0.1) is 0 Å². The zero-order valence-electron chi connectivity index (χ0n) is 26.7. The molecule has 0 bridgehead atoms. The smallest absolute Gasteiger partial charge is 0.0488 e. The third-order valence-corrected chi connectivity index (χ3v) is 13.6. The lowest BCUT2D eigenvalue weighted by Crippen LogP contribution is -2.52. The van der Waals surface area contributed by atoms with Gasteiger partial charge >= 0.3 is 0 Å². The van der Waals surface area contributed by atoms with E-state index in [1.54, 1.807) is 16.6 Å². The minimum absolute atomic E-state index is 0.458. The molecule has 0 spiro atoms. The van der Waals surface area contributed by atoms with E-state index in [-0.39, 0.29) is 0 Å². The van der Waals surface area contributed by atoms with Crippen molar-refractivity contribution in [2.45, 2.75) is 118 Å². The molecule has 4 aliphatic carbocycles. The average Bonchev–Trinajstić information content (AvgIpc) is 3.48. The Morgan fingerprint density at radius 2 is 1.54 bits per heavy atom. The van der Waals surface area contributed by atoms with E-state index in [9.17, 15) is 0 Å². The van der Waals surface area contributed by atoms with Gasteiger partial charge in [0.2, 0.25) is 0 Å². The highest BCUT2D eigenvalue weighted by Crippen LogP contribution is 2.70. The summed E-state index contributed by atoms with van der Waals surface area (Å²) in [4.78, 5) is 0. The Balaban J connectivity index is 1.17. The van der Waals surface area contributed by atoms with Gasteiger partial charge in [-0.05, 0) is 121 Å². The Kier molecular flexibility index (Phi) is 7.19. The summed E-state index contributed by atoms with van der Waals surface area (Å²) >= 11 is 0. The van der Waals surface area contributed by atoms with Gasteiger partial charge in [-0.2, -0.15) is 0 Å². The normalized spacial score (nSPS) is 35.1. The summed E-state index contributed by atoms with van der Waals surface area (Å²) in [6.07, 6.45) is 15.8. The molecule has 0 amide bonds. The van der Waals surface area contributed by atoms with Gasteiger partial charge in [0, 0.05) is 23.1 Å². The first-order chi connectivity index (χ1) is 19.8. The molecular weight excluding hydrogens is 494 g/mol. The highest BCUT2D eigenvalue weighted by Gasteiger charge is 2.61. The molecule has 3 fully saturated rings. The van der Waals surface area contributed by atoms with Crippen molar-refractivity contribution in [3.63, 3.8) is 0 Å². The van der Waals surface area contributed by atoms with Crippen LogP contribution >= 0.6 is 0 Å². The Hall–Kier alpha value is -2.02. The molecule has 1 heterocycles. The fraction of sp³-hybridized carbons (Fsp3) is 0.650. The van der Waals surface area contributed by atoms with Crippen LogP contribution in [-0.4, -0.2) is 4.57 Å². The molecule has 2 aromatic carbocycles. The summed E-state index contributed by atoms with van der Waals surface area (Å²) in [7, 11) is 0. The van der Waals surface area contributed by atoms with Crippen molar-refractivity contribution in [1.29, 1.82) is 0 Å². The lowest BCUT2D eigenvalue weighted by atomic mass is 9.44. The predicted octanol–water partition coefficient (Wildman–Crippen LogP) is 11.0. The third kappa shape index (κ3) is 4.46. The van der Waals surface area contributed by atoms with E-state index in [0.717, 1.165) is 48.0 Å². The number of benzene rings is 2. The maximum Gasteiger partial charge on any atom is 0.0488 e. The minimum Gasteiger partial charge on any atom is -0.340 e. The first-order valence-corrected chi connectivity index (χ1v) is 17.4. The molecular formula is C40H55N. The van der Waals surface area contributed by atoms with Crippen LogP contribution in [0, 0.1) is 46.3 Å². The summed E-state index contributed by atoms with van der Waals surface area (Å²) in [5.41, 5.74) is 7.35. The van der Waals surface area contributed by atoms with Crippen LogP contribution in [0.25, 0.3) is 10.9 Å². The number of hydrogen-bond donors (Lipinski definition) is 0. The monoisotopic (exact) mass is 549 g/mol. The quantitative estimate of drug-likeness (QED) is 0.276. The van der Waals surface area contributed by atoms with Crippen LogP contribution in [0.5, 0.6) is 0 Å². The topological polar surface area (TPSA) is 4.93 Å². The second-order valence-corrected chi connectivity index (χ2v) is 16.0. The zero-order valence-corrected chi connectivity index (χ0v) is 26.7. The van der Waals surface area contributed by atoms with Crippen LogP contribution in [0.15, 0.2) is 54.6 Å². The molecule has 0 N–H and O–H groups in total. The van der Waals surface area contributed by atoms with Crippen molar-refractivity contribution in [3.05, 3.63) is 71.4 Å². The lowest BCUT2D eigenvalue weighted by Gasteiger charge is -2.60. The van der Waals surface area contributed by atoms with Crippen LogP contribution in [-0.2, 0) is 13.0 Å². The summed E-state index contributed by atoms with van der Waals surface area (Å²) in [6, 6.07) is 20.5.